The molecule has 1 aromatic carbocycles. The lowest BCUT2D eigenvalue weighted by Gasteiger charge is -2.19. The molecule has 4 nitrogen and oxygen atoms in total. The standard InChI is InChI=1S/C19H31N3O/c23-19(21-14-12-18-10-4-3-5-11-18)20-13-6-9-17-22-15-7-1-2-8-16-22/h3-5,10-11H,1-2,6-9,12-17H2,(H2,20,21,23). The molecule has 0 radical (unpaired) electrons. The van der Waals surface area contributed by atoms with E-state index in [1.54, 1.807) is 0 Å². The maximum Gasteiger partial charge on any atom is 0.314 e. The van der Waals surface area contributed by atoms with Gasteiger partial charge in [-0.25, -0.2) is 4.79 Å². The summed E-state index contributed by atoms with van der Waals surface area (Å²) in [5.41, 5.74) is 1.25. The highest BCUT2D eigenvalue weighted by molar-refractivity contribution is 5.73. The largest absolute Gasteiger partial charge is 0.338 e. The van der Waals surface area contributed by atoms with Crippen LogP contribution in [-0.4, -0.2) is 43.7 Å². The summed E-state index contributed by atoms with van der Waals surface area (Å²) in [6, 6.07) is 10.2. The highest BCUT2D eigenvalue weighted by Gasteiger charge is 2.08. The third-order valence-corrected chi connectivity index (χ3v) is 4.43. The topological polar surface area (TPSA) is 44.4 Å². The number of hydrogen-bond acceptors (Lipinski definition) is 2. The maximum atomic E-state index is 11.7. The highest BCUT2D eigenvalue weighted by atomic mass is 16.2. The summed E-state index contributed by atoms with van der Waals surface area (Å²) in [4.78, 5) is 14.3. The third-order valence-electron chi connectivity index (χ3n) is 4.43. The molecule has 2 N–H and O–H groups in total. The lowest BCUT2D eigenvalue weighted by Crippen LogP contribution is -2.37. The van der Waals surface area contributed by atoms with Crippen molar-refractivity contribution in [1.29, 1.82) is 0 Å². The van der Waals surface area contributed by atoms with Crippen molar-refractivity contribution in [2.24, 2.45) is 0 Å². The Morgan fingerprint density at radius 2 is 1.61 bits per heavy atom. The number of amides is 2. The van der Waals surface area contributed by atoms with Crippen molar-refractivity contribution in [3.05, 3.63) is 35.9 Å². The second kappa shape index (κ2) is 11.1. The molecule has 0 unspecified atom stereocenters. The molecule has 0 aromatic heterocycles. The number of nitrogens with one attached hydrogen (secondary N) is 2. The van der Waals surface area contributed by atoms with E-state index in [0.717, 1.165) is 19.4 Å². The minimum absolute atomic E-state index is 0.0456. The number of carbonyl (C=O) groups excluding carboxylic acids is 1. The summed E-state index contributed by atoms with van der Waals surface area (Å²) in [5.74, 6) is 0. The average Bonchev–Trinajstić information content (AvgIpc) is 2.84. The van der Waals surface area contributed by atoms with Crippen LogP contribution in [0.3, 0.4) is 0 Å². The molecule has 1 saturated heterocycles. The Bertz CT molecular complexity index is 428. The lowest BCUT2D eigenvalue weighted by atomic mass is 10.1. The zero-order valence-electron chi connectivity index (χ0n) is 14.2. The van der Waals surface area contributed by atoms with Crippen molar-refractivity contribution >= 4 is 6.03 Å². The summed E-state index contributed by atoms with van der Waals surface area (Å²) in [6.45, 7) is 5.15. The number of rotatable bonds is 8. The Balaban J connectivity index is 1.45. The molecule has 1 heterocycles. The number of urea groups is 1. The fourth-order valence-electron chi connectivity index (χ4n) is 3.05. The molecular formula is C19H31N3O. The van der Waals surface area contributed by atoms with Crippen LogP contribution in [0, 0.1) is 0 Å². The third kappa shape index (κ3) is 8.03. The molecular weight excluding hydrogens is 286 g/mol. The van der Waals surface area contributed by atoms with Crippen LogP contribution in [0.15, 0.2) is 30.3 Å². The fourth-order valence-corrected chi connectivity index (χ4v) is 3.05. The monoisotopic (exact) mass is 317 g/mol. The molecule has 0 spiro atoms. The van der Waals surface area contributed by atoms with Gasteiger partial charge in [0.15, 0.2) is 0 Å². The molecule has 0 saturated carbocycles. The van der Waals surface area contributed by atoms with Gasteiger partial charge in [0.05, 0.1) is 0 Å². The van der Waals surface area contributed by atoms with Gasteiger partial charge in [-0.15, -0.1) is 0 Å². The molecule has 128 valence electrons. The second-order valence-corrected chi connectivity index (χ2v) is 6.38. The predicted molar refractivity (Wildman–Crippen MR) is 95.7 cm³/mol. The zero-order valence-corrected chi connectivity index (χ0v) is 14.2. The van der Waals surface area contributed by atoms with Crippen LogP contribution in [0.4, 0.5) is 4.79 Å². The van der Waals surface area contributed by atoms with Crippen LogP contribution < -0.4 is 10.6 Å². The van der Waals surface area contributed by atoms with Crippen molar-refractivity contribution in [3.63, 3.8) is 0 Å². The van der Waals surface area contributed by atoms with Crippen LogP contribution in [0.1, 0.15) is 44.1 Å². The van der Waals surface area contributed by atoms with Gasteiger partial charge in [0, 0.05) is 13.1 Å². The van der Waals surface area contributed by atoms with E-state index in [9.17, 15) is 4.79 Å². The van der Waals surface area contributed by atoms with Gasteiger partial charge >= 0.3 is 6.03 Å². The Hall–Kier alpha value is -1.55. The minimum Gasteiger partial charge on any atom is -0.338 e. The first-order valence-electron chi connectivity index (χ1n) is 9.12. The first kappa shape index (κ1) is 17.8. The van der Waals surface area contributed by atoms with Gasteiger partial charge in [-0.3, -0.25) is 0 Å². The summed E-state index contributed by atoms with van der Waals surface area (Å²) in [7, 11) is 0. The van der Waals surface area contributed by atoms with Crippen molar-refractivity contribution in [2.45, 2.75) is 44.9 Å². The Labute approximate surface area is 140 Å². The molecule has 0 aliphatic carbocycles. The number of likely N-dealkylation sites (tertiary alicyclic amines) is 1. The number of carbonyl (C=O) groups is 1. The van der Waals surface area contributed by atoms with Crippen LogP contribution in [0.25, 0.3) is 0 Å². The average molecular weight is 317 g/mol. The Morgan fingerprint density at radius 1 is 0.913 bits per heavy atom. The van der Waals surface area contributed by atoms with E-state index in [-0.39, 0.29) is 6.03 Å². The molecule has 2 rings (SSSR count). The summed E-state index contributed by atoms with van der Waals surface area (Å²) in [6.07, 6.45) is 8.59. The Kier molecular flexibility index (Phi) is 8.56. The van der Waals surface area contributed by atoms with Crippen LogP contribution in [0.5, 0.6) is 0 Å². The number of hydrogen-bond donors (Lipinski definition) is 2. The first-order valence-corrected chi connectivity index (χ1v) is 9.12. The highest BCUT2D eigenvalue weighted by Crippen LogP contribution is 2.10. The van der Waals surface area contributed by atoms with Crippen LogP contribution >= 0.6 is 0 Å². The van der Waals surface area contributed by atoms with E-state index < -0.39 is 0 Å². The van der Waals surface area contributed by atoms with Gasteiger partial charge in [0.1, 0.15) is 0 Å². The number of benzene rings is 1. The van der Waals surface area contributed by atoms with E-state index in [4.69, 9.17) is 0 Å². The van der Waals surface area contributed by atoms with Crippen molar-refractivity contribution in [3.8, 4) is 0 Å². The van der Waals surface area contributed by atoms with Crippen molar-refractivity contribution < 1.29 is 4.79 Å². The first-order chi connectivity index (χ1) is 11.3. The normalized spacial score (nSPS) is 15.8. The molecule has 0 atom stereocenters. The minimum atomic E-state index is -0.0456. The SMILES string of the molecule is O=C(NCCCCN1CCCCCC1)NCCc1ccccc1. The van der Waals surface area contributed by atoms with E-state index in [1.165, 1.54) is 57.3 Å². The van der Waals surface area contributed by atoms with E-state index >= 15 is 0 Å². The Morgan fingerprint density at radius 3 is 2.35 bits per heavy atom. The molecule has 0 bridgehead atoms. The molecule has 23 heavy (non-hydrogen) atoms. The van der Waals surface area contributed by atoms with Gasteiger partial charge in [-0.1, -0.05) is 43.2 Å². The summed E-state index contributed by atoms with van der Waals surface area (Å²) in [5, 5.41) is 5.87. The van der Waals surface area contributed by atoms with Gasteiger partial charge < -0.3 is 15.5 Å². The van der Waals surface area contributed by atoms with Gasteiger partial charge in [-0.05, 0) is 57.3 Å². The summed E-state index contributed by atoms with van der Waals surface area (Å²) >= 11 is 0. The van der Waals surface area contributed by atoms with Crippen molar-refractivity contribution in [2.75, 3.05) is 32.7 Å². The number of unbranched alkanes of at least 4 members (excludes halogenated alkanes) is 1. The second-order valence-electron chi connectivity index (χ2n) is 6.38. The maximum absolute atomic E-state index is 11.7. The van der Waals surface area contributed by atoms with E-state index in [0.29, 0.717) is 6.54 Å². The predicted octanol–water partition coefficient (Wildman–Crippen LogP) is 3.18. The van der Waals surface area contributed by atoms with Crippen molar-refractivity contribution in [1.82, 2.24) is 15.5 Å². The van der Waals surface area contributed by atoms with Crippen LogP contribution in [0.2, 0.25) is 0 Å². The van der Waals surface area contributed by atoms with Gasteiger partial charge in [-0.2, -0.15) is 0 Å². The molecule has 4 heteroatoms. The fraction of sp³-hybridized carbons (Fsp3) is 0.632. The van der Waals surface area contributed by atoms with Crippen LogP contribution in [-0.2, 0) is 6.42 Å². The van der Waals surface area contributed by atoms with Gasteiger partial charge in [0.2, 0.25) is 0 Å². The van der Waals surface area contributed by atoms with E-state index in [1.807, 2.05) is 18.2 Å². The number of nitrogens with zero attached hydrogens (tertiary/aromatic N) is 1. The molecule has 2 amide bonds. The quantitative estimate of drug-likeness (QED) is 0.723. The molecule has 1 aromatic rings. The van der Waals surface area contributed by atoms with Gasteiger partial charge in [0.25, 0.3) is 0 Å². The molecule has 1 fully saturated rings. The summed E-state index contributed by atoms with van der Waals surface area (Å²) < 4.78 is 0. The molecule has 1 aliphatic rings. The van der Waals surface area contributed by atoms with E-state index in [2.05, 4.69) is 27.7 Å². The molecule has 1 aliphatic heterocycles. The smallest absolute Gasteiger partial charge is 0.314 e. The lowest BCUT2D eigenvalue weighted by molar-refractivity contribution is 0.240. The zero-order chi connectivity index (χ0) is 16.2.